The highest BCUT2D eigenvalue weighted by Crippen LogP contribution is 2.05. The van der Waals surface area contributed by atoms with Gasteiger partial charge in [0.1, 0.15) is 0 Å². The van der Waals surface area contributed by atoms with Gasteiger partial charge in [-0.3, -0.25) is 0 Å². The molecule has 15 heavy (non-hydrogen) atoms. The third-order valence-electron chi connectivity index (χ3n) is 2.48. The lowest BCUT2D eigenvalue weighted by Crippen LogP contribution is -2.27. The summed E-state index contributed by atoms with van der Waals surface area (Å²) in [5, 5.41) is 3.33. The molecule has 0 N–H and O–H groups in total. The van der Waals surface area contributed by atoms with Crippen LogP contribution in [-0.2, 0) is 0 Å². The molecule has 70 valence electrons. The second-order valence-electron chi connectivity index (χ2n) is 3.49. The van der Waals surface area contributed by atoms with Crippen LogP contribution in [0.4, 0.5) is 0 Å². The zero-order valence-electron chi connectivity index (χ0n) is 8.14. The quantitative estimate of drug-likeness (QED) is 0.575. The minimum absolute atomic E-state index is 1.01. The Kier molecular flexibility index (Phi) is 1.77. The van der Waals surface area contributed by atoms with Crippen LogP contribution in [0.3, 0.4) is 0 Å². The highest BCUT2D eigenvalue weighted by molar-refractivity contribution is 5.78. The van der Waals surface area contributed by atoms with Gasteiger partial charge in [0.2, 0.25) is 0 Å². The van der Waals surface area contributed by atoms with Crippen molar-refractivity contribution in [3.63, 3.8) is 0 Å². The highest BCUT2D eigenvalue weighted by atomic mass is 14.7. The lowest BCUT2D eigenvalue weighted by molar-refractivity contribution is 1.29. The van der Waals surface area contributed by atoms with E-state index in [1.807, 2.05) is 42.5 Å². The van der Waals surface area contributed by atoms with Crippen LogP contribution < -0.4 is 10.6 Å². The summed E-state index contributed by atoms with van der Waals surface area (Å²) in [6.45, 7) is 0. The predicted molar refractivity (Wildman–Crippen MR) is 62.6 cm³/mol. The Labute approximate surface area is 87.4 Å². The first-order valence-corrected chi connectivity index (χ1v) is 4.92. The van der Waals surface area contributed by atoms with Gasteiger partial charge in [-0.25, -0.2) is 4.98 Å². The van der Waals surface area contributed by atoms with Gasteiger partial charge < -0.3 is 0 Å². The summed E-state index contributed by atoms with van der Waals surface area (Å²) in [7, 11) is 0. The van der Waals surface area contributed by atoms with E-state index in [1.54, 1.807) is 0 Å². The maximum absolute atomic E-state index is 4.60. The van der Waals surface area contributed by atoms with E-state index in [0.717, 1.165) is 16.1 Å². The van der Waals surface area contributed by atoms with E-state index in [2.05, 4.69) is 22.8 Å². The summed E-state index contributed by atoms with van der Waals surface area (Å²) in [5.74, 6) is 0. The Balaban J connectivity index is 2.53. The van der Waals surface area contributed by atoms with Crippen molar-refractivity contribution in [1.82, 2.24) is 4.98 Å². The zero-order valence-corrected chi connectivity index (χ0v) is 8.14. The van der Waals surface area contributed by atoms with Crippen molar-refractivity contribution >= 4 is 23.1 Å². The molecule has 0 saturated carbocycles. The van der Waals surface area contributed by atoms with Crippen LogP contribution in [-0.4, -0.2) is 4.98 Å². The molecule has 1 aliphatic carbocycles. The zero-order chi connectivity index (χ0) is 10.1. The van der Waals surface area contributed by atoms with Crippen molar-refractivity contribution in [2.24, 2.45) is 0 Å². The summed E-state index contributed by atoms with van der Waals surface area (Å²) >= 11 is 0. The fraction of sp³-hybridized carbons (Fsp3) is 0. The molecule has 1 heterocycles. The Hall–Kier alpha value is -2.11. The topological polar surface area (TPSA) is 12.9 Å². The van der Waals surface area contributed by atoms with E-state index < -0.39 is 0 Å². The SMILES string of the molecule is C1=CC=c2cc3ccccc3nc2=CC=1. The van der Waals surface area contributed by atoms with Crippen molar-refractivity contribution in [3.05, 3.63) is 58.8 Å². The van der Waals surface area contributed by atoms with Crippen LogP contribution in [0.2, 0.25) is 0 Å². The minimum atomic E-state index is 1.01. The van der Waals surface area contributed by atoms with Crippen LogP contribution in [0.5, 0.6) is 0 Å². The van der Waals surface area contributed by atoms with E-state index in [4.69, 9.17) is 0 Å². The molecule has 1 heteroatoms. The average molecular weight is 191 g/mol. The molecule has 0 bridgehead atoms. The number of hydrogen-bond donors (Lipinski definition) is 0. The molecule has 0 fully saturated rings. The van der Waals surface area contributed by atoms with Gasteiger partial charge in [-0.05, 0) is 36.4 Å². The van der Waals surface area contributed by atoms with E-state index in [-0.39, 0.29) is 0 Å². The van der Waals surface area contributed by atoms with E-state index in [9.17, 15) is 0 Å². The van der Waals surface area contributed by atoms with E-state index in [1.165, 1.54) is 5.39 Å². The average Bonchev–Trinajstić information content (AvgIpc) is 2.50. The third kappa shape index (κ3) is 1.39. The van der Waals surface area contributed by atoms with Crippen LogP contribution in [0, 0.1) is 0 Å². The van der Waals surface area contributed by atoms with Gasteiger partial charge in [0.25, 0.3) is 0 Å². The van der Waals surface area contributed by atoms with Gasteiger partial charge in [0.15, 0.2) is 0 Å². The monoisotopic (exact) mass is 191 g/mol. The standard InChI is InChI=1S/C14H9N/c1-2-6-11-10-12-7-4-5-9-14(12)15-13(11)8-3-1/h2-10H. The molecule has 0 saturated heterocycles. The lowest BCUT2D eigenvalue weighted by atomic mass is 10.2. The first-order chi connectivity index (χ1) is 7.43. The van der Waals surface area contributed by atoms with Crippen molar-refractivity contribution < 1.29 is 0 Å². The molecule has 1 aromatic carbocycles. The van der Waals surface area contributed by atoms with Gasteiger partial charge in [0.05, 0.1) is 10.9 Å². The molecule has 1 aromatic heterocycles. The van der Waals surface area contributed by atoms with Crippen LogP contribution in [0.1, 0.15) is 0 Å². The first kappa shape index (κ1) is 8.22. The number of fused-ring (bicyclic) bond motifs is 2. The summed E-state index contributed by atoms with van der Waals surface area (Å²) in [5.41, 5.74) is 4.09. The Morgan fingerprint density at radius 3 is 2.87 bits per heavy atom. The number of benzene rings is 1. The van der Waals surface area contributed by atoms with E-state index in [0.29, 0.717) is 0 Å². The number of hydrogen-bond acceptors (Lipinski definition) is 1. The van der Waals surface area contributed by atoms with Crippen LogP contribution in [0.25, 0.3) is 23.1 Å². The number of pyridine rings is 1. The summed E-state index contributed by atoms with van der Waals surface area (Å²) in [4.78, 5) is 4.60. The van der Waals surface area contributed by atoms with Gasteiger partial charge in [-0.15, -0.1) is 5.73 Å². The van der Waals surface area contributed by atoms with Crippen molar-refractivity contribution in [2.45, 2.75) is 0 Å². The number of nitrogens with zero attached hydrogens (tertiary/aromatic N) is 1. The Morgan fingerprint density at radius 1 is 1.00 bits per heavy atom. The molecule has 0 amide bonds. The van der Waals surface area contributed by atoms with Crippen LogP contribution >= 0.6 is 0 Å². The van der Waals surface area contributed by atoms with Gasteiger partial charge in [-0.1, -0.05) is 18.2 Å². The van der Waals surface area contributed by atoms with Gasteiger partial charge in [-0.2, -0.15) is 0 Å². The summed E-state index contributed by atoms with van der Waals surface area (Å²) in [6.07, 6.45) is 7.83. The van der Waals surface area contributed by atoms with E-state index >= 15 is 0 Å². The Morgan fingerprint density at radius 2 is 1.87 bits per heavy atom. The molecule has 0 atom stereocenters. The maximum Gasteiger partial charge on any atom is 0.0716 e. The third-order valence-corrected chi connectivity index (χ3v) is 2.48. The summed E-state index contributed by atoms with van der Waals surface area (Å²) < 4.78 is 0. The smallest absolute Gasteiger partial charge is 0.0716 e. The number of rotatable bonds is 0. The molecule has 0 aliphatic heterocycles. The van der Waals surface area contributed by atoms with Gasteiger partial charge in [0, 0.05) is 10.6 Å². The second-order valence-corrected chi connectivity index (χ2v) is 3.49. The summed E-state index contributed by atoms with van der Waals surface area (Å²) in [6, 6.07) is 10.3. The van der Waals surface area contributed by atoms with Crippen molar-refractivity contribution in [1.29, 1.82) is 0 Å². The molecule has 1 aliphatic rings. The molecular formula is C14H9N. The molecule has 3 rings (SSSR count). The second kappa shape index (κ2) is 3.23. The fourth-order valence-electron chi connectivity index (χ4n) is 1.73. The lowest BCUT2D eigenvalue weighted by Gasteiger charge is -1.96. The number of allylic oxidation sites excluding steroid dienone is 1. The number of aromatic nitrogens is 1. The molecule has 0 radical (unpaired) electrons. The normalized spacial score (nSPS) is 12.8. The fourth-order valence-corrected chi connectivity index (χ4v) is 1.73. The Bertz CT molecular complexity index is 643. The largest absolute Gasteiger partial charge is 0.248 e. The van der Waals surface area contributed by atoms with Crippen LogP contribution in [0.15, 0.2) is 48.2 Å². The molecule has 0 spiro atoms. The molecule has 0 unspecified atom stereocenters. The first-order valence-electron chi connectivity index (χ1n) is 4.92. The van der Waals surface area contributed by atoms with Gasteiger partial charge >= 0.3 is 0 Å². The molecule has 1 nitrogen and oxygen atoms in total. The molecular weight excluding hydrogens is 182 g/mol. The highest BCUT2D eigenvalue weighted by Gasteiger charge is 1.94. The van der Waals surface area contributed by atoms with Crippen molar-refractivity contribution in [2.75, 3.05) is 0 Å². The minimum Gasteiger partial charge on any atom is -0.248 e. The van der Waals surface area contributed by atoms with Crippen molar-refractivity contribution in [3.8, 4) is 0 Å². The molecule has 2 aromatic rings. The predicted octanol–water partition coefficient (Wildman–Crippen LogP) is 1.52. The maximum atomic E-state index is 4.60. The number of para-hydroxylation sites is 1.